The van der Waals surface area contributed by atoms with Crippen LogP contribution in [-0.2, 0) is 12.7 Å². The van der Waals surface area contributed by atoms with Gasteiger partial charge in [0.1, 0.15) is 0 Å². The smallest absolute Gasteiger partial charge is 0.336 e. The number of halogens is 3. The molecule has 7 heteroatoms. The third-order valence-corrected chi connectivity index (χ3v) is 2.77. The summed E-state index contributed by atoms with van der Waals surface area (Å²) in [7, 11) is 0. The number of hydrogen-bond donors (Lipinski definition) is 2. The molecule has 1 aliphatic heterocycles. The number of anilines is 1. The molecule has 0 aromatic heterocycles. The molecule has 2 amide bonds. The van der Waals surface area contributed by atoms with Crippen LogP contribution in [0.3, 0.4) is 0 Å². The van der Waals surface area contributed by atoms with E-state index in [-0.39, 0.29) is 12.6 Å². The van der Waals surface area contributed by atoms with Crippen molar-refractivity contribution in [2.24, 2.45) is 5.73 Å². The zero-order valence-corrected chi connectivity index (χ0v) is 9.42. The number of nitrogens with two attached hydrogens (primary N) is 1. The first-order valence-corrected chi connectivity index (χ1v) is 5.39. The number of carbonyl (C=O) groups excluding carboxylic acids is 1. The molecule has 1 fully saturated rings. The van der Waals surface area contributed by atoms with Gasteiger partial charge in [-0.1, -0.05) is 0 Å². The molecule has 18 heavy (non-hydrogen) atoms. The molecule has 0 spiro atoms. The number of rotatable bonds is 2. The lowest BCUT2D eigenvalue weighted by Gasteiger charge is -2.19. The SMILES string of the molecule is NCc1cc(C(F)(F)F)ccc1N1CCNC1=O. The second kappa shape index (κ2) is 4.49. The second-order valence-corrected chi connectivity index (χ2v) is 3.93. The van der Waals surface area contributed by atoms with Gasteiger partial charge in [-0.05, 0) is 23.8 Å². The molecule has 1 saturated heterocycles. The van der Waals surface area contributed by atoms with E-state index in [0.29, 0.717) is 24.3 Å². The molecular formula is C11H12F3N3O. The Kier molecular flexibility index (Phi) is 3.16. The van der Waals surface area contributed by atoms with Gasteiger partial charge in [-0.15, -0.1) is 0 Å². The Morgan fingerprint density at radius 2 is 2.11 bits per heavy atom. The maximum absolute atomic E-state index is 12.6. The summed E-state index contributed by atoms with van der Waals surface area (Å²) in [6.45, 7) is 0.851. The van der Waals surface area contributed by atoms with E-state index in [0.717, 1.165) is 12.1 Å². The van der Waals surface area contributed by atoms with Crippen LogP contribution in [0.4, 0.5) is 23.7 Å². The van der Waals surface area contributed by atoms with Gasteiger partial charge in [0.2, 0.25) is 0 Å². The average Bonchev–Trinajstić information content (AvgIpc) is 2.73. The fraction of sp³-hybridized carbons (Fsp3) is 0.364. The highest BCUT2D eigenvalue weighted by Crippen LogP contribution is 2.33. The van der Waals surface area contributed by atoms with E-state index >= 15 is 0 Å². The van der Waals surface area contributed by atoms with E-state index in [1.54, 1.807) is 0 Å². The molecule has 4 nitrogen and oxygen atoms in total. The van der Waals surface area contributed by atoms with E-state index < -0.39 is 11.7 Å². The van der Waals surface area contributed by atoms with Gasteiger partial charge in [0, 0.05) is 25.3 Å². The van der Waals surface area contributed by atoms with Crippen molar-refractivity contribution in [3.8, 4) is 0 Å². The molecule has 0 bridgehead atoms. The molecule has 98 valence electrons. The zero-order valence-electron chi connectivity index (χ0n) is 9.42. The Morgan fingerprint density at radius 3 is 2.61 bits per heavy atom. The molecule has 1 aromatic rings. The minimum absolute atomic E-state index is 0.0525. The van der Waals surface area contributed by atoms with Gasteiger partial charge in [0.25, 0.3) is 0 Å². The van der Waals surface area contributed by atoms with Crippen LogP contribution in [0, 0.1) is 0 Å². The van der Waals surface area contributed by atoms with Crippen LogP contribution in [0.2, 0.25) is 0 Å². The van der Waals surface area contributed by atoms with Crippen molar-refractivity contribution in [1.29, 1.82) is 0 Å². The predicted octanol–water partition coefficient (Wildman–Crippen LogP) is 1.69. The highest BCUT2D eigenvalue weighted by molar-refractivity contribution is 5.94. The number of benzene rings is 1. The fourth-order valence-electron chi connectivity index (χ4n) is 1.89. The van der Waals surface area contributed by atoms with Gasteiger partial charge < -0.3 is 11.1 Å². The molecule has 0 atom stereocenters. The zero-order chi connectivity index (χ0) is 13.3. The molecule has 0 aliphatic carbocycles. The number of alkyl halides is 3. The molecule has 0 unspecified atom stereocenters. The quantitative estimate of drug-likeness (QED) is 0.849. The molecule has 0 saturated carbocycles. The number of urea groups is 1. The lowest BCUT2D eigenvalue weighted by atomic mass is 10.1. The number of nitrogens with one attached hydrogen (secondary N) is 1. The van der Waals surface area contributed by atoms with Gasteiger partial charge in [0.15, 0.2) is 0 Å². The number of carbonyl (C=O) groups is 1. The summed E-state index contributed by atoms with van der Waals surface area (Å²) in [5.74, 6) is 0. The maximum atomic E-state index is 12.6. The van der Waals surface area contributed by atoms with Gasteiger partial charge >= 0.3 is 12.2 Å². The van der Waals surface area contributed by atoms with E-state index in [1.165, 1.54) is 11.0 Å². The van der Waals surface area contributed by atoms with Gasteiger partial charge in [0.05, 0.1) is 5.56 Å². The summed E-state index contributed by atoms with van der Waals surface area (Å²) in [6, 6.07) is 2.92. The summed E-state index contributed by atoms with van der Waals surface area (Å²) < 4.78 is 37.7. The van der Waals surface area contributed by atoms with Crippen LogP contribution in [0.5, 0.6) is 0 Å². The van der Waals surface area contributed by atoms with Crippen molar-refractivity contribution >= 4 is 11.7 Å². The Hall–Kier alpha value is -1.76. The minimum atomic E-state index is -4.41. The Morgan fingerprint density at radius 1 is 1.39 bits per heavy atom. The van der Waals surface area contributed by atoms with E-state index in [9.17, 15) is 18.0 Å². The van der Waals surface area contributed by atoms with Crippen molar-refractivity contribution in [2.45, 2.75) is 12.7 Å². The van der Waals surface area contributed by atoms with Crippen molar-refractivity contribution in [1.82, 2.24) is 5.32 Å². The summed E-state index contributed by atoms with van der Waals surface area (Å²) in [5.41, 5.74) is 5.43. The monoisotopic (exact) mass is 259 g/mol. The van der Waals surface area contributed by atoms with Crippen LogP contribution in [0.25, 0.3) is 0 Å². The number of amides is 2. The first-order valence-electron chi connectivity index (χ1n) is 5.39. The Labute approximate surface area is 102 Å². The average molecular weight is 259 g/mol. The Balaban J connectivity index is 2.40. The first-order chi connectivity index (χ1) is 8.43. The normalized spacial score (nSPS) is 16.0. The maximum Gasteiger partial charge on any atom is 0.416 e. The van der Waals surface area contributed by atoms with Crippen molar-refractivity contribution < 1.29 is 18.0 Å². The largest absolute Gasteiger partial charge is 0.416 e. The molecule has 3 N–H and O–H groups in total. The minimum Gasteiger partial charge on any atom is -0.336 e. The van der Waals surface area contributed by atoms with Crippen LogP contribution >= 0.6 is 0 Å². The van der Waals surface area contributed by atoms with Gasteiger partial charge in [-0.3, -0.25) is 4.90 Å². The molecule has 2 rings (SSSR count). The summed E-state index contributed by atoms with van der Waals surface area (Å²) in [4.78, 5) is 12.9. The van der Waals surface area contributed by atoms with Crippen LogP contribution in [0.15, 0.2) is 18.2 Å². The van der Waals surface area contributed by atoms with Gasteiger partial charge in [-0.2, -0.15) is 13.2 Å². The van der Waals surface area contributed by atoms with Crippen molar-refractivity contribution in [2.75, 3.05) is 18.0 Å². The molecule has 1 aliphatic rings. The predicted molar refractivity (Wildman–Crippen MR) is 60.1 cm³/mol. The van der Waals surface area contributed by atoms with Crippen LogP contribution in [0.1, 0.15) is 11.1 Å². The molecular weight excluding hydrogens is 247 g/mol. The third-order valence-electron chi connectivity index (χ3n) is 2.77. The highest BCUT2D eigenvalue weighted by Gasteiger charge is 2.32. The lowest BCUT2D eigenvalue weighted by molar-refractivity contribution is -0.137. The van der Waals surface area contributed by atoms with Gasteiger partial charge in [-0.25, -0.2) is 4.79 Å². The van der Waals surface area contributed by atoms with Crippen molar-refractivity contribution in [3.05, 3.63) is 29.3 Å². The second-order valence-electron chi connectivity index (χ2n) is 3.93. The van der Waals surface area contributed by atoms with Crippen molar-refractivity contribution in [3.63, 3.8) is 0 Å². The highest BCUT2D eigenvalue weighted by atomic mass is 19.4. The molecule has 1 heterocycles. The third kappa shape index (κ3) is 2.26. The standard InChI is InChI=1S/C11H12F3N3O/c12-11(13,14)8-1-2-9(7(5-8)6-15)17-4-3-16-10(17)18/h1-2,5H,3-4,6,15H2,(H,16,18). The van der Waals surface area contributed by atoms with Crippen LogP contribution < -0.4 is 16.0 Å². The first kappa shape index (κ1) is 12.7. The Bertz CT molecular complexity index is 473. The summed E-state index contributed by atoms with van der Waals surface area (Å²) >= 11 is 0. The van der Waals surface area contributed by atoms with E-state index in [1.807, 2.05) is 0 Å². The summed E-state index contributed by atoms with van der Waals surface area (Å²) in [6.07, 6.45) is -4.41. The lowest BCUT2D eigenvalue weighted by Crippen LogP contribution is -2.29. The number of hydrogen-bond acceptors (Lipinski definition) is 2. The van der Waals surface area contributed by atoms with E-state index in [4.69, 9.17) is 5.73 Å². The summed E-state index contributed by atoms with van der Waals surface area (Å²) in [5, 5.41) is 2.59. The molecule has 0 radical (unpaired) electrons. The number of nitrogens with zero attached hydrogens (tertiary/aromatic N) is 1. The fourth-order valence-corrected chi connectivity index (χ4v) is 1.89. The molecule has 1 aromatic carbocycles. The topological polar surface area (TPSA) is 58.4 Å². The van der Waals surface area contributed by atoms with Crippen LogP contribution in [-0.4, -0.2) is 19.1 Å². The van der Waals surface area contributed by atoms with E-state index in [2.05, 4.69) is 5.32 Å².